The highest BCUT2D eigenvalue weighted by atomic mass is 32.2. The highest BCUT2D eigenvalue weighted by Crippen LogP contribution is 2.19. The number of hydrogen-bond donors (Lipinski definition) is 2. The normalized spacial score (nSPS) is 12.2. The Morgan fingerprint density at radius 1 is 1.32 bits per heavy atom. The van der Waals surface area contributed by atoms with Crippen molar-refractivity contribution < 1.29 is 9.53 Å². The molecule has 2 N–H and O–H groups in total. The molecular weight excluding hydrogens is 300 g/mol. The first kappa shape index (κ1) is 21.0. The summed E-state index contributed by atoms with van der Waals surface area (Å²) in [6.45, 7) is 9.48. The van der Waals surface area contributed by atoms with E-state index in [4.69, 9.17) is 4.74 Å². The molecule has 0 aliphatic heterocycles. The van der Waals surface area contributed by atoms with Gasteiger partial charge in [-0.2, -0.15) is 11.8 Å². The molecule has 0 aromatic heterocycles. The summed E-state index contributed by atoms with van der Waals surface area (Å²) in [7, 11) is 3.47. The van der Waals surface area contributed by atoms with Gasteiger partial charge in [0.1, 0.15) is 6.54 Å². The Labute approximate surface area is 139 Å². The number of hydrogen-bond acceptors (Lipinski definition) is 4. The maximum atomic E-state index is 11.7. The van der Waals surface area contributed by atoms with E-state index in [1.807, 2.05) is 6.92 Å². The molecule has 0 atom stereocenters. The molecule has 0 rings (SSSR count). The monoisotopic (exact) mass is 332 g/mol. The van der Waals surface area contributed by atoms with E-state index in [-0.39, 0.29) is 17.2 Å². The van der Waals surface area contributed by atoms with Crippen molar-refractivity contribution in [2.75, 3.05) is 53.2 Å². The number of aliphatic imine (C=N–C) groups is 1. The fourth-order valence-corrected chi connectivity index (χ4v) is 1.57. The summed E-state index contributed by atoms with van der Waals surface area (Å²) in [5.41, 5.74) is 0. The van der Waals surface area contributed by atoms with Crippen LogP contribution >= 0.6 is 11.8 Å². The van der Waals surface area contributed by atoms with E-state index in [9.17, 15) is 4.79 Å². The Bertz CT molecular complexity index is 346. The Balaban J connectivity index is 4.42. The Morgan fingerprint density at radius 2 is 2.00 bits per heavy atom. The van der Waals surface area contributed by atoms with Crippen LogP contribution in [0.15, 0.2) is 4.99 Å². The minimum atomic E-state index is -0.0143. The van der Waals surface area contributed by atoms with Gasteiger partial charge in [-0.1, -0.05) is 0 Å². The third-order valence-corrected chi connectivity index (χ3v) is 4.32. The van der Waals surface area contributed by atoms with Gasteiger partial charge in [-0.3, -0.25) is 4.79 Å². The topological polar surface area (TPSA) is 66.0 Å². The van der Waals surface area contributed by atoms with Crippen LogP contribution in [0.3, 0.4) is 0 Å². The molecule has 0 aliphatic carbocycles. The van der Waals surface area contributed by atoms with E-state index in [0.29, 0.717) is 5.96 Å². The summed E-state index contributed by atoms with van der Waals surface area (Å²) < 4.78 is 5.42. The number of nitrogens with zero attached hydrogens (tertiary/aromatic N) is 2. The molecular formula is C15H32N4O2S. The highest BCUT2D eigenvalue weighted by molar-refractivity contribution is 7.99. The van der Waals surface area contributed by atoms with E-state index in [1.165, 1.54) is 0 Å². The van der Waals surface area contributed by atoms with Gasteiger partial charge in [0.15, 0.2) is 5.96 Å². The van der Waals surface area contributed by atoms with Crippen LogP contribution in [0.25, 0.3) is 0 Å². The number of likely N-dealkylation sites (N-methyl/N-ethyl adjacent to an activating group) is 1. The van der Waals surface area contributed by atoms with E-state index in [2.05, 4.69) is 35.7 Å². The highest BCUT2D eigenvalue weighted by Gasteiger charge is 2.16. The number of carbonyl (C=O) groups is 1. The number of rotatable bonds is 10. The van der Waals surface area contributed by atoms with Gasteiger partial charge in [-0.25, -0.2) is 4.99 Å². The zero-order valence-electron chi connectivity index (χ0n) is 14.9. The summed E-state index contributed by atoms with van der Waals surface area (Å²) in [5, 5.41) is 6.55. The van der Waals surface area contributed by atoms with Gasteiger partial charge in [-0.05, 0) is 33.4 Å². The van der Waals surface area contributed by atoms with E-state index < -0.39 is 0 Å². The predicted molar refractivity (Wildman–Crippen MR) is 95.7 cm³/mol. The Kier molecular flexibility index (Phi) is 11.1. The van der Waals surface area contributed by atoms with Crippen molar-refractivity contribution in [1.29, 1.82) is 0 Å². The first-order valence-electron chi connectivity index (χ1n) is 7.67. The van der Waals surface area contributed by atoms with Crippen LogP contribution in [-0.4, -0.2) is 74.7 Å². The molecule has 0 heterocycles. The van der Waals surface area contributed by atoms with E-state index >= 15 is 0 Å². The quantitative estimate of drug-likeness (QED) is 0.357. The van der Waals surface area contributed by atoms with Gasteiger partial charge in [0.25, 0.3) is 0 Å². The number of carbonyl (C=O) groups excluding carboxylic acids is 1. The fraction of sp³-hybridized carbons (Fsp3) is 0.867. The smallest absolute Gasteiger partial charge is 0.243 e. The van der Waals surface area contributed by atoms with Gasteiger partial charge >= 0.3 is 0 Å². The first-order valence-corrected chi connectivity index (χ1v) is 8.90. The molecule has 0 aromatic carbocycles. The van der Waals surface area contributed by atoms with Gasteiger partial charge < -0.3 is 20.3 Å². The lowest BCUT2D eigenvalue weighted by Gasteiger charge is -2.24. The summed E-state index contributed by atoms with van der Waals surface area (Å²) in [4.78, 5) is 17.6. The van der Waals surface area contributed by atoms with E-state index in [0.717, 1.165) is 32.7 Å². The molecule has 6 nitrogen and oxygen atoms in total. The zero-order valence-corrected chi connectivity index (χ0v) is 15.7. The molecule has 0 radical (unpaired) electrons. The zero-order chi connectivity index (χ0) is 17.0. The summed E-state index contributed by atoms with van der Waals surface area (Å²) in [6.07, 6.45) is 2.99. The Hall–Kier alpha value is -0.950. The minimum absolute atomic E-state index is 0.0143. The van der Waals surface area contributed by atoms with E-state index in [1.54, 1.807) is 30.8 Å². The summed E-state index contributed by atoms with van der Waals surface area (Å²) >= 11 is 1.79. The minimum Gasteiger partial charge on any atom is -0.382 e. The number of ether oxygens (including phenoxy) is 1. The molecule has 1 amide bonds. The van der Waals surface area contributed by atoms with Crippen molar-refractivity contribution in [3.63, 3.8) is 0 Å². The average molecular weight is 333 g/mol. The average Bonchev–Trinajstić information content (AvgIpc) is 2.48. The molecule has 0 unspecified atom stereocenters. The van der Waals surface area contributed by atoms with Crippen molar-refractivity contribution >= 4 is 23.6 Å². The molecule has 7 heteroatoms. The van der Waals surface area contributed by atoms with Crippen molar-refractivity contribution in [3.05, 3.63) is 0 Å². The third-order valence-electron chi connectivity index (χ3n) is 3.07. The Morgan fingerprint density at radius 3 is 2.55 bits per heavy atom. The van der Waals surface area contributed by atoms with Crippen LogP contribution in [0.4, 0.5) is 0 Å². The lowest BCUT2D eigenvalue weighted by atomic mass is 10.2. The second-order valence-electron chi connectivity index (χ2n) is 5.75. The summed E-state index contributed by atoms with van der Waals surface area (Å²) in [5.74, 6) is 0.661. The molecule has 0 saturated carbocycles. The van der Waals surface area contributed by atoms with Crippen molar-refractivity contribution in [1.82, 2.24) is 15.5 Å². The maximum Gasteiger partial charge on any atom is 0.243 e. The second kappa shape index (κ2) is 11.6. The number of nitrogens with one attached hydrogen (secondary N) is 2. The number of guanidine groups is 1. The maximum absolute atomic E-state index is 11.7. The molecule has 130 valence electrons. The largest absolute Gasteiger partial charge is 0.382 e. The van der Waals surface area contributed by atoms with Crippen LogP contribution < -0.4 is 10.6 Å². The molecule has 0 saturated heterocycles. The van der Waals surface area contributed by atoms with Crippen LogP contribution in [0.5, 0.6) is 0 Å². The number of amides is 1. The fourth-order valence-electron chi connectivity index (χ4n) is 1.36. The van der Waals surface area contributed by atoms with Crippen molar-refractivity contribution in [3.8, 4) is 0 Å². The lowest BCUT2D eigenvalue weighted by molar-refractivity contribution is -0.127. The second-order valence-corrected chi connectivity index (χ2v) is 7.26. The SMILES string of the molecule is CCOCCCNC(=NCC(=O)N(C)C)NCC(C)(C)SC. The standard InChI is InChI=1S/C15H32N4O2S/c1-7-21-10-8-9-16-14(17-11-13(20)19(4)5)18-12-15(2,3)22-6/h7-12H2,1-6H3,(H2,16,17,18). The van der Waals surface area contributed by atoms with Gasteiger partial charge in [-0.15, -0.1) is 0 Å². The van der Waals surface area contributed by atoms with Crippen LogP contribution in [-0.2, 0) is 9.53 Å². The molecule has 22 heavy (non-hydrogen) atoms. The van der Waals surface area contributed by atoms with Crippen LogP contribution in [0, 0.1) is 0 Å². The summed E-state index contributed by atoms with van der Waals surface area (Å²) in [6, 6.07) is 0. The van der Waals surface area contributed by atoms with Crippen molar-refractivity contribution in [2.24, 2.45) is 4.99 Å². The third kappa shape index (κ3) is 10.7. The molecule has 0 aliphatic rings. The van der Waals surface area contributed by atoms with Crippen LogP contribution in [0.1, 0.15) is 27.2 Å². The van der Waals surface area contributed by atoms with Gasteiger partial charge in [0.2, 0.25) is 5.91 Å². The molecule has 0 fully saturated rings. The van der Waals surface area contributed by atoms with Gasteiger partial charge in [0.05, 0.1) is 0 Å². The first-order chi connectivity index (χ1) is 10.3. The molecule has 0 aromatic rings. The number of thioether (sulfide) groups is 1. The molecule has 0 bridgehead atoms. The lowest BCUT2D eigenvalue weighted by Crippen LogP contribution is -2.44. The predicted octanol–water partition coefficient (Wildman–Crippen LogP) is 1.18. The van der Waals surface area contributed by atoms with Crippen molar-refractivity contribution in [2.45, 2.75) is 31.9 Å². The van der Waals surface area contributed by atoms with Crippen LogP contribution in [0.2, 0.25) is 0 Å². The molecule has 0 spiro atoms. The van der Waals surface area contributed by atoms with Gasteiger partial charge in [0, 0.05) is 45.1 Å².